The second kappa shape index (κ2) is 5.46. The lowest BCUT2D eigenvalue weighted by atomic mass is 10.1. The third-order valence-electron chi connectivity index (χ3n) is 3.12. The number of hydrogen-bond donors (Lipinski definition) is 0. The summed E-state index contributed by atoms with van der Waals surface area (Å²) in [6.07, 6.45) is 0. The molecule has 0 bridgehead atoms. The average Bonchev–Trinajstić information content (AvgIpc) is 2.44. The van der Waals surface area contributed by atoms with Gasteiger partial charge in [0.1, 0.15) is 5.75 Å². The summed E-state index contributed by atoms with van der Waals surface area (Å²) in [4.78, 5) is 13.8. The van der Waals surface area contributed by atoms with Crippen LogP contribution in [0.25, 0.3) is 0 Å². The molecule has 0 atom stereocenters. The maximum Gasteiger partial charge on any atom is 0.265 e. The third kappa shape index (κ3) is 2.67. The Kier molecular flexibility index (Phi) is 3.68. The van der Waals surface area contributed by atoms with Crippen LogP contribution >= 0.6 is 27.5 Å². The van der Waals surface area contributed by atoms with Gasteiger partial charge in [0.05, 0.1) is 12.2 Å². The van der Waals surface area contributed by atoms with Crippen molar-refractivity contribution in [3.63, 3.8) is 0 Å². The lowest BCUT2D eigenvalue weighted by Gasteiger charge is -2.29. The molecule has 1 aliphatic rings. The van der Waals surface area contributed by atoms with E-state index in [-0.39, 0.29) is 12.5 Å². The number of halogens is 2. The number of anilines is 1. The Morgan fingerprint density at radius 2 is 1.95 bits per heavy atom. The van der Waals surface area contributed by atoms with Crippen molar-refractivity contribution in [2.75, 3.05) is 11.5 Å². The number of carbonyl (C=O) groups is 1. The van der Waals surface area contributed by atoms with Gasteiger partial charge in [0.25, 0.3) is 5.91 Å². The fourth-order valence-corrected chi connectivity index (χ4v) is 2.55. The van der Waals surface area contributed by atoms with Crippen molar-refractivity contribution in [3.05, 3.63) is 57.5 Å². The van der Waals surface area contributed by atoms with Crippen molar-refractivity contribution in [1.29, 1.82) is 0 Å². The molecule has 3 nitrogen and oxygen atoms in total. The first-order valence-electron chi connectivity index (χ1n) is 6.10. The summed E-state index contributed by atoms with van der Waals surface area (Å²) in [5.41, 5.74) is 1.77. The molecule has 0 N–H and O–H groups in total. The van der Waals surface area contributed by atoms with Crippen molar-refractivity contribution in [2.45, 2.75) is 6.54 Å². The van der Waals surface area contributed by atoms with E-state index in [1.165, 1.54) is 0 Å². The minimum Gasteiger partial charge on any atom is -0.482 e. The van der Waals surface area contributed by atoms with E-state index >= 15 is 0 Å². The van der Waals surface area contributed by atoms with Crippen LogP contribution in [0.3, 0.4) is 0 Å². The van der Waals surface area contributed by atoms with E-state index in [1.54, 1.807) is 23.1 Å². The number of nitrogens with zero attached hydrogens (tertiary/aromatic N) is 1. The topological polar surface area (TPSA) is 29.5 Å². The highest BCUT2D eigenvalue weighted by Gasteiger charge is 2.25. The van der Waals surface area contributed by atoms with Crippen LogP contribution in [-0.4, -0.2) is 12.5 Å². The van der Waals surface area contributed by atoms with Crippen LogP contribution in [0.2, 0.25) is 5.02 Å². The molecule has 0 aromatic heterocycles. The summed E-state index contributed by atoms with van der Waals surface area (Å²) in [5.74, 6) is 0.619. The molecule has 0 fully saturated rings. The smallest absolute Gasteiger partial charge is 0.265 e. The molecule has 0 aliphatic carbocycles. The fourth-order valence-electron chi connectivity index (χ4n) is 2.12. The molecule has 1 amide bonds. The SMILES string of the molecule is O=C1COc2ccc(Cl)cc2N1Cc1ccc(Br)cc1. The number of ether oxygens (including phenoxy) is 1. The van der Waals surface area contributed by atoms with Crippen molar-refractivity contribution in [2.24, 2.45) is 0 Å². The van der Waals surface area contributed by atoms with Gasteiger partial charge in [0, 0.05) is 9.50 Å². The molecule has 2 aromatic rings. The van der Waals surface area contributed by atoms with Crippen molar-refractivity contribution < 1.29 is 9.53 Å². The summed E-state index contributed by atoms with van der Waals surface area (Å²) >= 11 is 9.41. The molecular formula is C15H11BrClNO2. The predicted octanol–water partition coefficient (Wildman–Crippen LogP) is 4.03. The molecule has 2 aromatic carbocycles. The van der Waals surface area contributed by atoms with Gasteiger partial charge in [-0.25, -0.2) is 0 Å². The summed E-state index contributed by atoms with van der Waals surface area (Å²) < 4.78 is 6.43. The van der Waals surface area contributed by atoms with Gasteiger partial charge < -0.3 is 9.64 Å². The van der Waals surface area contributed by atoms with Gasteiger partial charge in [0.2, 0.25) is 0 Å². The molecule has 3 rings (SSSR count). The molecule has 0 unspecified atom stereocenters. The van der Waals surface area contributed by atoms with Gasteiger partial charge in [-0.2, -0.15) is 0 Å². The van der Waals surface area contributed by atoms with Crippen LogP contribution in [-0.2, 0) is 11.3 Å². The second-order valence-electron chi connectivity index (χ2n) is 4.51. The van der Waals surface area contributed by atoms with E-state index in [0.29, 0.717) is 17.3 Å². The number of amides is 1. The second-order valence-corrected chi connectivity index (χ2v) is 5.86. The molecule has 0 spiro atoms. The van der Waals surface area contributed by atoms with Crippen LogP contribution in [0.5, 0.6) is 5.75 Å². The maximum atomic E-state index is 12.1. The van der Waals surface area contributed by atoms with Gasteiger partial charge in [-0.15, -0.1) is 0 Å². The van der Waals surface area contributed by atoms with Crippen molar-refractivity contribution in [1.82, 2.24) is 0 Å². The quantitative estimate of drug-likeness (QED) is 0.817. The Morgan fingerprint density at radius 3 is 2.70 bits per heavy atom. The first kappa shape index (κ1) is 13.5. The Balaban J connectivity index is 1.94. The molecular weight excluding hydrogens is 342 g/mol. The van der Waals surface area contributed by atoms with E-state index in [4.69, 9.17) is 16.3 Å². The maximum absolute atomic E-state index is 12.1. The number of carbonyl (C=O) groups excluding carboxylic acids is 1. The van der Waals surface area contributed by atoms with Crippen LogP contribution in [0.4, 0.5) is 5.69 Å². The monoisotopic (exact) mass is 351 g/mol. The zero-order valence-corrected chi connectivity index (χ0v) is 12.8. The minimum atomic E-state index is -0.0670. The number of fused-ring (bicyclic) bond motifs is 1. The Morgan fingerprint density at radius 1 is 1.20 bits per heavy atom. The zero-order valence-electron chi connectivity index (χ0n) is 10.5. The van der Waals surface area contributed by atoms with Crippen LogP contribution in [0.15, 0.2) is 46.9 Å². The lowest BCUT2D eigenvalue weighted by Crippen LogP contribution is -2.38. The van der Waals surface area contributed by atoms with Gasteiger partial charge in [0.15, 0.2) is 6.61 Å². The fraction of sp³-hybridized carbons (Fsp3) is 0.133. The lowest BCUT2D eigenvalue weighted by molar-refractivity contribution is -0.121. The molecule has 0 saturated heterocycles. The standard InChI is InChI=1S/C15H11BrClNO2/c16-11-3-1-10(2-4-11)8-18-13-7-12(17)5-6-14(13)20-9-15(18)19/h1-7H,8-9H2. The van der Waals surface area contributed by atoms with Gasteiger partial charge >= 0.3 is 0 Å². The molecule has 1 aliphatic heterocycles. The number of hydrogen-bond acceptors (Lipinski definition) is 2. The number of benzene rings is 2. The van der Waals surface area contributed by atoms with E-state index in [1.807, 2.05) is 24.3 Å². The summed E-state index contributed by atoms with van der Waals surface area (Å²) in [6, 6.07) is 13.2. The Hall–Kier alpha value is -1.52. The summed E-state index contributed by atoms with van der Waals surface area (Å²) in [6.45, 7) is 0.563. The van der Waals surface area contributed by atoms with Crippen molar-refractivity contribution in [3.8, 4) is 5.75 Å². The first-order valence-corrected chi connectivity index (χ1v) is 7.28. The average molecular weight is 353 g/mol. The summed E-state index contributed by atoms with van der Waals surface area (Å²) in [7, 11) is 0. The van der Waals surface area contributed by atoms with E-state index in [0.717, 1.165) is 15.7 Å². The molecule has 102 valence electrons. The van der Waals surface area contributed by atoms with Gasteiger partial charge in [-0.3, -0.25) is 4.79 Å². The largest absolute Gasteiger partial charge is 0.482 e. The van der Waals surface area contributed by atoms with Gasteiger partial charge in [-0.05, 0) is 35.9 Å². The van der Waals surface area contributed by atoms with Crippen LogP contribution in [0.1, 0.15) is 5.56 Å². The molecule has 5 heteroatoms. The van der Waals surface area contributed by atoms with E-state index < -0.39 is 0 Å². The zero-order chi connectivity index (χ0) is 14.1. The van der Waals surface area contributed by atoms with E-state index in [2.05, 4.69) is 15.9 Å². The number of rotatable bonds is 2. The summed E-state index contributed by atoms with van der Waals surface area (Å²) in [5, 5.41) is 0.586. The minimum absolute atomic E-state index is 0.0607. The molecule has 20 heavy (non-hydrogen) atoms. The van der Waals surface area contributed by atoms with Crippen LogP contribution in [0, 0.1) is 0 Å². The predicted molar refractivity (Wildman–Crippen MR) is 82.3 cm³/mol. The first-order chi connectivity index (χ1) is 9.63. The molecule has 1 heterocycles. The Labute approximate surface area is 130 Å². The van der Waals surface area contributed by atoms with Crippen molar-refractivity contribution >= 4 is 39.1 Å². The molecule has 0 saturated carbocycles. The van der Waals surface area contributed by atoms with Gasteiger partial charge in [-0.1, -0.05) is 39.7 Å². The van der Waals surface area contributed by atoms with Crippen LogP contribution < -0.4 is 9.64 Å². The van der Waals surface area contributed by atoms with E-state index in [9.17, 15) is 4.79 Å². The highest BCUT2D eigenvalue weighted by Crippen LogP contribution is 2.35. The molecule has 0 radical (unpaired) electrons. The third-order valence-corrected chi connectivity index (χ3v) is 3.88. The normalized spacial score (nSPS) is 13.9. The highest BCUT2D eigenvalue weighted by molar-refractivity contribution is 9.10. The highest BCUT2D eigenvalue weighted by atomic mass is 79.9. The Bertz CT molecular complexity index is 657.